The molecule has 0 aliphatic carbocycles. The number of hydrogen-bond donors (Lipinski definition) is 1. The second kappa shape index (κ2) is 6.65. The van der Waals surface area contributed by atoms with E-state index >= 15 is 0 Å². The lowest BCUT2D eigenvalue weighted by atomic mass is 10.1. The molecule has 0 spiro atoms. The fourth-order valence-corrected chi connectivity index (χ4v) is 4.03. The average Bonchev–Trinajstić information content (AvgIpc) is 2.42. The van der Waals surface area contributed by atoms with Crippen molar-refractivity contribution in [2.45, 2.75) is 51.1 Å². The van der Waals surface area contributed by atoms with E-state index in [2.05, 4.69) is 0 Å². The fourth-order valence-electron chi connectivity index (χ4n) is 2.25. The molecule has 0 aliphatic heterocycles. The molecular formula is C14H23FN2O2S. The summed E-state index contributed by atoms with van der Waals surface area (Å²) in [4.78, 5) is 0.00681. The van der Waals surface area contributed by atoms with Crippen LogP contribution in [-0.2, 0) is 16.6 Å². The van der Waals surface area contributed by atoms with Crippen LogP contribution in [0.25, 0.3) is 0 Å². The van der Waals surface area contributed by atoms with Crippen molar-refractivity contribution in [3.05, 3.63) is 29.1 Å². The maximum atomic E-state index is 13.8. The predicted octanol–water partition coefficient (Wildman–Crippen LogP) is 2.40. The molecule has 2 N–H and O–H groups in total. The quantitative estimate of drug-likeness (QED) is 0.877. The molecule has 0 fully saturated rings. The number of nitrogens with zero attached hydrogens (tertiary/aromatic N) is 1. The molecule has 4 nitrogen and oxygen atoms in total. The molecule has 0 atom stereocenters. The molecule has 0 heterocycles. The molecule has 114 valence electrons. The van der Waals surface area contributed by atoms with Crippen molar-refractivity contribution in [3.63, 3.8) is 0 Å². The van der Waals surface area contributed by atoms with Gasteiger partial charge in [-0.05, 0) is 37.5 Å². The second-order valence-electron chi connectivity index (χ2n) is 4.90. The van der Waals surface area contributed by atoms with E-state index in [-0.39, 0.29) is 23.0 Å². The monoisotopic (exact) mass is 302 g/mol. The molecule has 0 saturated carbocycles. The highest BCUT2D eigenvalue weighted by atomic mass is 32.2. The van der Waals surface area contributed by atoms with E-state index in [0.717, 1.165) is 0 Å². The highest BCUT2D eigenvalue weighted by molar-refractivity contribution is 7.89. The van der Waals surface area contributed by atoms with E-state index in [4.69, 9.17) is 5.73 Å². The van der Waals surface area contributed by atoms with E-state index in [0.29, 0.717) is 18.4 Å². The number of benzene rings is 1. The van der Waals surface area contributed by atoms with Crippen LogP contribution in [0.15, 0.2) is 17.0 Å². The van der Waals surface area contributed by atoms with E-state index < -0.39 is 15.8 Å². The standard InChI is InChI=1S/C14H23FN2O2S/c1-5-12(6-2)17(4)20(18,19)14-8-11(9-16)7-13(15)10(14)3/h7-8,12H,5-6,9,16H2,1-4H3. The van der Waals surface area contributed by atoms with Gasteiger partial charge in [0.05, 0.1) is 4.90 Å². The molecule has 20 heavy (non-hydrogen) atoms. The molecule has 1 rings (SSSR count). The Balaban J connectivity index is 3.38. The Labute approximate surface area is 120 Å². The third-order valence-electron chi connectivity index (χ3n) is 3.71. The molecule has 0 unspecified atom stereocenters. The van der Waals surface area contributed by atoms with Crippen molar-refractivity contribution >= 4 is 10.0 Å². The normalized spacial score (nSPS) is 12.4. The summed E-state index contributed by atoms with van der Waals surface area (Å²) in [5, 5.41) is 0. The topological polar surface area (TPSA) is 63.4 Å². The lowest BCUT2D eigenvalue weighted by molar-refractivity contribution is 0.349. The number of sulfonamides is 1. The Morgan fingerprint density at radius 3 is 2.30 bits per heavy atom. The van der Waals surface area contributed by atoms with Crippen molar-refractivity contribution in [1.29, 1.82) is 0 Å². The van der Waals surface area contributed by atoms with Gasteiger partial charge >= 0.3 is 0 Å². The van der Waals surface area contributed by atoms with Crippen LogP contribution in [0.1, 0.15) is 37.8 Å². The van der Waals surface area contributed by atoms with E-state index in [1.807, 2.05) is 13.8 Å². The first-order chi connectivity index (χ1) is 9.29. The smallest absolute Gasteiger partial charge is 0.243 e. The summed E-state index contributed by atoms with van der Waals surface area (Å²) in [5.74, 6) is -0.538. The van der Waals surface area contributed by atoms with Crippen molar-refractivity contribution in [2.24, 2.45) is 5.73 Å². The molecule has 0 bridgehead atoms. The largest absolute Gasteiger partial charge is 0.326 e. The first-order valence-corrected chi connectivity index (χ1v) is 8.20. The van der Waals surface area contributed by atoms with Crippen LogP contribution < -0.4 is 5.73 Å². The summed E-state index contributed by atoms with van der Waals surface area (Å²) in [6.07, 6.45) is 1.43. The summed E-state index contributed by atoms with van der Waals surface area (Å²) in [5.41, 5.74) is 6.11. The number of halogens is 1. The van der Waals surface area contributed by atoms with Gasteiger partial charge < -0.3 is 5.73 Å². The van der Waals surface area contributed by atoms with Gasteiger partial charge in [0, 0.05) is 25.2 Å². The molecule has 0 aromatic heterocycles. The van der Waals surface area contributed by atoms with Gasteiger partial charge in [-0.3, -0.25) is 0 Å². The highest BCUT2D eigenvalue weighted by Crippen LogP contribution is 2.25. The summed E-state index contributed by atoms with van der Waals surface area (Å²) in [6, 6.07) is 2.65. The first-order valence-electron chi connectivity index (χ1n) is 6.76. The number of nitrogens with two attached hydrogens (primary N) is 1. The first kappa shape index (κ1) is 17.1. The number of hydrogen-bond acceptors (Lipinski definition) is 3. The lowest BCUT2D eigenvalue weighted by Gasteiger charge is -2.26. The molecule has 0 radical (unpaired) electrons. The van der Waals surface area contributed by atoms with Crippen LogP contribution in [0.3, 0.4) is 0 Å². The third-order valence-corrected chi connectivity index (χ3v) is 5.74. The summed E-state index contributed by atoms with van der Waals surface area (Å²) < 4.78 is 40.5. The van der Waals surface area contributed by atoms with Crippen LogP contribution in [0, 0.1) is 12.7 Å². The molecule has 6 heteroatoms. The zero-order valence-corrected chi connectivity index (χ0v) is 13.3. The van der Waals surface area contributed by atoms with Crippen molar-refractivity contribution in [1.82, 2.24) is 4.31 Å². The summed E-state index contributed by atoms with van der Waals surface area (Å²) in [6.45, 7) is 5.45. The molecule has 0 amide bonds. The second-order valence-corrected chi connectivity index (χ2v) is 6.86. The van der Waals surface area contributed by atoms with Gasteiger partial charge in [0.2, 0.25) is 10.0 Å². The Morgan fingerprint density at radius 2 is 1.85 bits per heavy atom. The van der Waals surface area contributed by atoms with Crippen LogP contribution in [0.5, 0.6) is 0 Å². The minimum absolute atomic E-state index is 0.00681. The van der Waals surface area contributed by atoms with E-state index in [1.165, 1.54) is 23.4 Å². The lowest BCUT2D eigenvalue weighted by Crippen LogP contribution is -2.36. The minimum atomic E-state index is -3.71. The van der Waals surface area contributed by atoms with Crippen LogP contribution in [-0.4, -0.2) is 25.8 Å². The molecule has 0 aliphatic rings. The fraction of sp³-hybridized carbons (Fsp3) is 0.571. The highest BCUT2D eigenvalue weighted by Gasteiger charge is 2.28. The molecular weight excluding hydrogens is 279 g/mol. The zero-order valence-electron chi connectivity index (χ0n) is 12.5. The van der Waals surface area contributed by atoms with Crippen molar-refractivity contribution in [2.75, 3.05) is 7.05 Å². The predicted molar refractivity (Wildman–Crippen MR) is 78.3 cm³/mol. The van der Waals surface area contributed by atoms with Gasteiger partial charge in [-0.1, -0.05) is 13.8 Å². The Kier molecular flexibility index (Phi) is 5.68. The van der Waals surface area contributed by atoms with E-state index in [9.17, 15) is 12.8 Å². The van der Waals surface area contributed by atoms with Crippen molar-refractivity contribution in [3.8, 4) is 0 Å². The van der Waals surface area contributed by atoms with Gasteiger partial charge in [0.1, 0.15) is 5.82 Å². The summed E-state index contributed by atoms with van der Waals surface area (Å²) in [7, 11) is -2.17. The zero-order chi connectivity index (χ0) is 15.5. The Morgan fingerprint density at radius 1 is 1.30 bits per heavy atom. The van der Waals surface area contributed by atoms with Crippen LogP contribution in [0.4, 0.5) is 4.39 Å². The van der Waals surface area contributed by atoms with Gasteiger partial charge in [0.15, 0.2) is 0 Å². The maximum Gasteiger partial charge on any atom is 0.243 e. The van der Waals surface area contributed by atoms with Crippen LogP contribution in [0.2, 0.25) is 0 Å². The number of rotatable bonds is 6. The molecule has 1 aromatic rings. The van der Waals surface area contributed by atoms with Gasteiger partial charge in [-0.15, -0.1) is 0 Å². The van der Waals surface area contributed by atoms with Gasteiger partial charge in [-0.25, -0.2) is 12.8 Å². The molecule has 0 saturated heterocycles. The third kappa shape index (κ3) is 3.19. The minimum Gasteiger partial charge on any atom is -0.326 e. The Hall–Kier alpha value is -0.980. The SMILES string of the molecule is CCC(CC)N(C)S(=O)(=O)c1cc(CN)cc(F)c1C. The van der Waals surface area contributed by atoms with E-state index in [1.54, 1.807) is 7.05 Å². The Bertz CT molecular complexity index is 569. The molecule has 1 aromatic carbocycles. The average molecular weight is 302 g/mol. The maximum absolute atomic E-state index is 13.8. The van der Waals surface area contributed by atoms with Gasteiger partial charge in [0.25, 0.3) is 0 Å². The summed E-state index contributed by atoms with van der Waals surface area (Å²) >= 11 is 0. The van der Waals surface area contributed by atoms with Crippen LogP contribution >= 0.6 is 0 Å². The van der Waals surface area contributed by atoms with Crippen molar-refractivity contribution < 1.29 is 12.8 Å². The van der Waals surface area contributed by atoms with Gasteiger partial charge in [-0.2, -0.15) is 4.31 Å².